The van der Waals surface area contributed by atoms with E-state index in [2.05, 4.69) is 15.3 Å². The lowest BCUT2D eigenvalue weighted by Crippen LogP contribution is -2.23. The molecule has 0 amide bonds. The quantitative estimate of drug-likeness (QED) is 0.693. The van der Waals surface area contributed by atoms with Crippen molar-refractivity contribution in [1.29, 1.82) is 0 Å². The van der Waals surface area contributed by atoms with Crippen molar-refractivity contribution in [2.75, 3.05) is 18.5 Å². The summed E-state index contributed by atoms with van der Waals surface area (Å²) in [6, 6.07) is 9.47. The minimum atomic E-state index is -0.772. The van der Waals surface area contributed by atoms with Crippen molar-refractivity contribution in [3.63, 3.8) is 0 Å². The molecule has 1 aromatic carbocycles. The van der Waals surface area contributed by atoms with E-state index in [1.54, 1.807) is 18.5 Å². The number of aromatic nitrogens is 2. The van der Waals surface area contributed by atoms with Crippen molar-refractivity contribution in [3.8, 4) is 0 Å². The van der Waals surface area contributed by atoms with Crippen LogP contribution in [0.5, 0.6) is 0 Å². The van der Waals surface area contributed by atoms with Crippen molar-refractivity contribution >= 4 is 17.4 Å². The van der Waals surface area contributed by atoms with Gasteiger partial charge in [-0.25, -0.2) is 9.97 Å². The van der Waals surface area contributed by atoms with E-state index in [-0.39, 0.29) is 6.61 Å². The first-order valence-corrected chi connectivity index (χ1v) is 6.68. The smallest absolute Gasteiger partial charge is 0.192 e. The summed E-state index contributed by atoms with van der Waals surface area (Å²) in [5, 5.41) is 21.9. The van der Waals surface area contributed by atoms with Crippen molar-refractivity contribution in [2.24, 2.45) is 0 Å². The fourth-order valence-electron chi connectivity index (χ4n) is 1.43. The minimum absolute atomic E-state index is 0.260. The highest BCUT2D eigenvalue weighted by molar-refractivity contribution is 7.99. The topological polar surface area (TPSA) is 78.3 Å². The fourth-order valence-corrected chi connectivity index (χ4v) is 2.25. The summed E-state index contributed by atoms with van der Waals surface area (Å²) in [5.41, 5.74) is 0.882. The zero-order valence-electron chi connectivity index (χ0n) is 10.2. The molecule has 1 heterocycles. The molecule has 0 aliphatic carbocycles. The number of nitrogens with one attached hydrogen (secondary N) is 1. The number of hydrogen-bond donors (Lipinski definition) is 3. The Bertz CT molecular complexity index is 510. The lowest BCUT2D eigenvalue weighted by Gasteiger charge is -2.13. The van der Waals surface area contributed by atoms with Crippen molar-refractivity contribution in [2.45, 2.75) is 16.2 Å². The van der Waals surface area contributed by atoms with Gasteiger partial charge in [0.2, 0.25) is 0 Å². The lowest BCUT2D eigenvalue weighted by atomic mass is 10.3. The number of aliphatic hydroxyl groups is 2. The first-order chi connectivity index (χ1) is 9.29. The average molecular weight is 277 g/mol. The van der Waals surface area contributed by atoms with E-state index in [1.165, 1.54) is 11.8 Å². The molecule has 2 aromatic rings. The molecule has 0 saturated carbocycles. The molecule has 3 N–H and O–H groups in total. The van der Waals surface area contributed by atoms with Gasteiger partial charge in [-0.3, -0.25) is 0 Å². The molecular formula is C13H15N3O2S. The van der Waals surface area contributed by atoms with Gasteiger partial charge in [-0.1, -0.05) is 12.1 Å². The summed E-state index contributed by atoms with van der Waals surface area (Å²) in [7, 11) is 0. The Morgan fingerprint density at radius 2 is 1.89 bits per heavy atom. The monoisotopic (exact) mass is 277 g/mol. The molecule has 5 nitrogen and oxygen atoms in total. The standard InChI is InChI=1S/C13H15N3O2S/c17-9-10(18)8-16-11-4-1-2-5-12(11)19-13-14-6-3-7-15-13/h1-7,10,16-18H,8-9H2. The van der Waals surface area contributed by atoms with E-state index in [1.807, 2.05) is 24.3 Å². The molecular weight excluding hydrogens is 262 g/mol. The van der Waals surface area contributed by atoms with Crippen molar-refractivity contribution in [3.05, 3.63) is 42.7 Å². The summed E-state index contributed by atoms with van der Waals surface area (Å²) in [6.45, 7) is 0.0355. The second-order valence-corrected chi connectivity index (χ2v) is 4.86. The maximum Gasteiger partial charge on any atom is 0.192 e. The fraction of sp³-hybridized carbons (Fsp3) is 0.231. The van der Waals surface area contributed by atoms with Crippen LogP contribution in [0.4, 0.5) is 5.69 Å². The molecule has 0 spiro atoms. The van der Waals surface area contributed by atoms with Gasteiger partial charge in [-0.15, -0.1) is 0 Å². The van der Waals surface area contributed by atoms with Gasteiger partial charge in [0.1, 0.15) is 0 Å². The van der Waals surface area contributed by atoms with Crippen molar-refractivity contribution < 1.29 is 10.2 Å². The molecule has 19 heavy (non-hydrogen) atoms. The number of para-hydroxylation sites is 1. The highest BCUT2D eigenvalue weighted by atomic mass is 32.2. The van der Waals surface area contributed by atoms with Crippen LogP contribution in [-0.4, -0.2) is 39.4 Å². The second-order valence-electron chi connectivity index (χ2n) is 3.85. The maximum absolute atomic E-state index is 9.36. The first-order valence-electron chi connectivity index (χ1n) is 5.86. The van der Waals surface area contributed by atoms with E-state index in [0.29, 0.717) is 11.7 Å². The number of nitrogens with zero attached hydrogens (tertiary/aromatic N) is 2. The number of anilines is 1. The zero-order chi connectivity index (χ0) is 13.5. The van der Waals surface area contributed by atoms with E-state index in [0.717, 1.165) is 10.6 Å². The Morgan fingerprint density at radius 3 is 2.63 bits per heavy atom. The van der Waals surface area contributed by atoms with E-state index in [4.69, 9.17) is 5.11 Å². The third-order valence-corrected chi connectivity index (χ3v) is 3.34. The largest absolute Gasteiger partial charge is 0.394 e. The Kier molecular flexibility index (Phi) is 5.14. The molecule has 0 radical (unpaired) electrons. The van der Waals surface area contributed by atoms with Gasteiger partial charge >= 0.3 is 0 Å². The van der Waals surface area contributed by atoms with Crippen LogP contribution >= 0.6 is 11.8 Å². The third kappa shape index (κ3) is 4.20. The van der Waals surface area contributed by atoms with E-state index in [9.17, 15) is 5.11 Å². The summed E-state index contributed by atoms with van der Waals surface area (Å²) in [4.78, 5) is 9.29. The first kappa shape index (κ1) is 13.8. The van der Waals surface area contributed by atoms with Gasteiger partial charge in [0.05, 0.1) is 12.7 Å². The molecule has 100 valence electrons. The summed E-state index contributed by atoms with van der Waals surface area (Å²) < 4.78 is 0. The predicted octanol–water partition coefficient (Wildman–Crippen LogP) is 1.39. The summed E-state index contributed by atoms with van der Waals surface area (Å²) >= 11 is 1.44. The molecule has 0 aliphatic heterocycles. The van der Waals surface area contributed by atoms with Crippen LogP contribution in [0, 0.1) is 0 Å². The second kappa shape index (κ2) is 7.08. The highest BCUT2D eigenvalue weighted by Crippen LogP contribution is 2.30. The van der Waals surface area contributed by atoms with Crippen LogP contribution in [0.3, 0.4) is 0 Å². The maximum atomic E-state index is 9.36. The van der Waals surface area contributed by atoms with Crippen LogP contribution in [0.15, 0.2) is 52.8 Å². The van der Waals surface area contributed by atoms with Crippen LogP contribution in [0.1, 0.15) is 0 Å². The zero-order valence-corrected chi connectivity index (χ0v) is 11.0. The molecule has 0 aliphatic rings. The number of aliphatic hydroxyl groups excluding tert-OH is 2. The van der Waals surface area contributed by atoms with Gasteiger partial charge in [0, 0.05) is 29.5 Å². The number of rotatable bonds is 6. The predicted molar refractivity (Wildman–Crippen MR) is 74.2 cm³/mol. The van der Waals surface area contributed by atoms with Gasteiger partial charge in [-0.2, -0.15) is 0 Å². The van der Waals surface area contributed by atoms with Gasteiger partial charge in [0.25, 0.3) is 0 Å². The molecule has 1 atom stereocenters. The molecule has 1 aromatic heterocycles. The molecule has 6 heteroatoms. The molecule has 0 bridgehead atoms. The Labute approximate surface area is 115 Å². The molecule has 0 fully saturated rings. The van der Waals surface area contributed by atoms with Gasteiger partial charge in [0.15, 0.2) is 5.16 Å². The van der Waals surface area contributed by atoms with Gasteiger partial charge in [-0.05, 0) is 30.0 Å². The highest BCUT2D eigenvalue weighted by Gasteiger charge is 2.07. The molecule has 0 saturated heterocycles. The average Bonchev–Trinajstić information content (AvgIpc) is 2.47. The lowest BCUT2D eigenvalue weighted by molar-refractivity contribution is 0.105. The number of benzene rings is 1. The Morgan fingerprint density at radius 1 is 1.16 bits per heavy atom. The van der Waals surface area contributed by atoms with Crippen LogP contribution in [0.2, 0.25) is 0 Å². The summed E-state index contributed by atoms with van der Waals surface area (Å²) in [6.07, 6.45) is 2.62. The SMILES string of the molecule is OCC(O)CNc1ccccc1Sc1ncccn1. The Balaban J connectivity index is 2.08. The number of hydrogen-bond acceptors (Lipinski definition) is 6. The normalized spacial score (nSPS) is 12.1. The van der Waals surface area contributed by atoms with E-state index < -0.39 is 6.10 Å². The van der Waals surface area contributed by atoms with Crippen LogP contribution in [0.25, 0.3) is 0 Å². The van der Waals surface area contributed by atoms with E-state index >= 15 is 0 Å². The van der Waals surface area contributed by atoms with Crippen LogP contribution in [-0.2, 0) is 0 Å². The Hall–Kier alpha value is -1.63. The van der Waals surface area contributed by atoms with Crippen molar-refractivity contribution in [1.82, 2.24) is 9.97 Å². The molecule has 1 unspecified atom stereocenters. The van der Waals surface area contributed by atoms with Crippen LogP contribution < -0.4 is 5.32 Å². The molecule has 2 rings (SSSR count). The third-order valence-electron chi connectivity index (χ3n) is 2.37. The summed E-state index contributed by atoms with van der Waals surface area (Å²) in [5.74, 6) is 0. The minimum Gasteiger partial charge on any atom is -0.394 e. The van der Waals surface area contributed by atoms with Gasteiger partial charge < -0.3 is 15.5 Å².